The van der Waals surface area contributed by atoms with Gasteiger partial charge in [-0.05, 0) is 41.8 Å². The molecule has 1 atom stereocenters. The van der Waals surface area contributed by atoms with Gasteiger partial charge in [-0.3, -0.25) is 4.98 Å². The molecule has 23 heavy (non-hydrogen) atoms. The van der Waals surface area contributed by atoms with Gasteiger partial charge in [0.05, 0.1) is 5.52 Å². The molecule has 2 heteroatoms. The van der Waals surface area contributed by atoms with E-state index >= 15 is 0 Å². The molecular formula is C21H16ClN. The van der Waals surface area contributed by atoms with Crippen LogP contribution in [0.25, 0.3) is 16.5 Å². The van der Waals surface area contributed by atoms with Gasteiger partial charge in [0.2, 0.25) is 0 Å². The van der Waals surface area contributed by atoms with E-state index in [9.17, 15) is 0 Å². The largest absolute Gasteiger partial charge is 0.256 e. The van der Waals surface area contributed by atoms with Gasteiger partial charge in [-0.1, -0.05) is 65.7 Å². The molecule has 0 bridgehead atoms. The Hall–Kier alpha value is -2.38. The van der Waals surface area contributed by atoms with Crippen LogP contribution < -0.4 is 0 Å². The number of allylic oxidation sites excluding steroid dienone is 4. The van der Waals surface area contributed by atoms with Crippen molar-refractivity contribution in [2.45, 2.75) is 12.8 Å². The maximum atomic E-state index is 6.00. The number of halogens is 1. The summed E-state index contributed by atoms with van der Waals surface area (Å²) >= 11 is 6.00. The van der Waals surface area contributed by atoms with Gasteiger partial charge in [-0.2, -0.15) is 0 Å². The van der Waals surface area contributed by atoms with E-state index in [1.165, 1.54) is 27.7 Å². The van der Waals surface area contributed by atoms with E-state index in [0.29, 0.717) is 0 Å². The standard InChI is InChI=1S/C21H16ClN/c1-14-18(15-7-9-17(22)10-8-15)11-12-19(14)20-6-2-4-16-5-3-13-23-21(16)20/h2-13,19H,1H3. The summed E-state index contributed by atoms with van der Waals surface area (Å²) in [7, 11) is 0. The first-order chi connectivity index (χ1) is 11.2. The fourth-order valence-corrected chi connectivity index (χ4v) is 3.43. The highest BCUT2D eigenvalue weighted by atomic mass is 35.5. The molecule has 0 N–H and O–H groups in total. The Labute approximate surface area is 140 Å². The van der Waals surface area contributed by atoms with Crippen LogP contribution in [0.4, 0.5) is 0 Å². The third kappa shape index (κ3) is 2.47. The minimum atomic E-state index is 0.277. The van der Waals surface area contributed by atoms with Crippen LogP contribution in [-0.2, 0) is 0 Å². The number of rotatable bonds is 2. The van der Waals surface area contributed by atoms with Crippen molar-refractivity contribution in [3.05, 3.63) is 94.7 Å². The molecule has 1 aromatic heterocycles. The molecule has 1 aliphatic carbocycles. The minimum absolute atomic E-state index is 0.277. The highest BCUT2D eigenvalue weighted by Gasteiger charge is 2.21. The smallest absolute Gasteiger partial charge is 0.0743 e. The Morgan fingerprint density at radius 2 is 1.74 bits per heavy atom. The van der Waals surface area contributed by atoms with Crippen LogP contribution in [0, 0.1) is 0 Å². The van der Waals surface area contributed by atoms with E-state index in [0.717, 1.165) is 10.5 Å². The van der Waals surface area contributed by atoms with E-state index in [1.54, 1.807) is 0 Å². The topological polar surface area (TPSA) is 12.9 Å². The van der Waals surface area contributed by atoms with Crippen LogP contribution in [-0.4, -0.2) is 4.98 Å². The third-order valence-electron chi connectivity index (χ3n) is 4.50. The van der Waals surface area contributed by atoms with Crippen molar-refractivity contribution >= 4 is 28.1 Å². The number of hydrogen-bond donors (Lipinski definition) is 0. The highest BCUT2D eigenvalue weighted by molar-refractivity contribution is 6.30. The Morgan fingerprint density at radius 3 is 2.57 bits per heavy atom. The van der Waals surface area contributed by atoms with E-state index in [1.807, 2.05) is 24.4 Å². The van der Waals surface area contributed by atoms with Gasteiger partial charge in [0, 0.05) is 22.5 Å². The molecule has 0 saturated carbocycles. The first kappa shape index (κ1) is 14.2. The van der Waals surface area contributed by atoms with Crippen molar-refractivity contribution in [2.24, 2.45) is 0 Å². The number of para-hydroxylation sites is 1. The van der Waals surface area contributed by atoms with Gasteiger partial charge in [0.15, 0.2) is 0 Å². The van der Waals surface area contributed by atoms with Gasteiger partial charge in [-0.15, -0.1) is 0 Å². The second-order valence-electron chi connectivity index (χ2n) is 5.86. The normalized spacial score (nSPS) is 17.2. The van der Waals surface area contributed by atoms with Gasteiger partial charge >= 0.3 is 0 Å². The molecule has 0 radical (unpaired) electrons. The molecule has 0 aliphatic heterocycles. The zero-order valence-corrected chi connectivity index (χ0v) is 13.6. The number of aromatic nitrogens is 1. The average Bonchev–Trinajstić information content (AvgIpc) is 2.96. The molecule has 0 saturated heterocycles. The zero-order chi connectivity index (χ0) is 15.8. The number of nitrogens with zero attached hydrogens (tertiary/aromatic N) is 1. The summed E-state index contributed by atoms with van der Waals surface area (Å²) < 4.78 is 0. The average molecular weight is 318 g/mol. The number of hydrogen-bond acceptors (Lipinski definition) is 1. The second-order valence-corrected chi connectivity index (χ2v) is 6.30. The van der Waals surface area contributed by atoms with E-state index in [4.69, 9.17) is 11.6 Å². The van der Waals surface area contributed by atoms with Crippen LogP contribution in [0.1, 0.15) is 24.0 Å². The first-order valence-electron chi connectivity index (χ1n) is 7.72. The maximum absolute atomic E-state index is 6.00. The maximum Gasteiger partial charge on any atom is 0.0743 e. The highest BCUT2D eigenvalue weighted by Crippen LogP contribution is 2.40. The lowest BCUT2D eigenvalue weighted by molar-refractivity contribution is 1.02. The molecule has 3 aromatic rings. The van der Waals surface area contributed by atoms with Crippen molar-refractivity contribution in [3.8, 4) is 0 Å². The molecule has 0 amide bonds. The minimum Gasteiger partial charge on any atom is -0.256 e. The summed E-state index contributed by atoms with van der Waals surface area (Å²) in [5, 5.41) is 1.95. The Kier molecular flexibility index (Phi) is 3.51. The van der Waals surface area contributed by atoms with E-state index in [2.05, 4.69) is 60.5 Å². The molecule has 1 aliphatic rings. The molecule has 1 nitrogen and oxygen atoms in total. The first-order valence-corrected chi connectivity index (χ1v) is 8.10. The fourth-order valence-electron chi connectivity index (χ4n) is 3.30. The Bertz CT molecular complexity index is 930. The van der Waals surface area contributed by atoms with Crippen LogP contribution >= 0.6 is 11.6 Å². The molecule has 112 valence electrons. The lowest BCUT2D eigenvalue weighted by Gasteiger charge is -2.14. The predicted octanol–water partition coefficient (Wildman–Crippen LogP) is 6.02. The molecule has 4 rings (SSSR count). The lowest BCUT2D eigenvalue weighted by Crippen LogP contribution is -1.97. The van der Waals surface area contributed by atoms with Crippen molar-refractivity contribution in [1.29, 1.82) is 0 Å². The monoisotopic (exact) mass is 317 g/mol. The Morgan fingerprint density at radius 1 is 0.957 bits per heavy atom. The van der Waals surface area contributed by atoms with Crippen LogP contribution in [0.2, 0.25) is 5.02 Å². The van der Waals surface area contributed by atoms with Crippen molar-refractivity contribution in [1.82, 2.24) is 4.98 Å². The van der Waals surface area contributed by atoms with E-state index in [-0.39, 0.29) is 5.92 Å². The second kappa shape index (κ2) is 5.68. The summed E-state index contributed by atoms with van der Waals surface area (Å²) in [4.78, 5) is 4.60. The van der Waals surface area contributed by atoms with Crippen LogP contribution in [0.5, 0.6) is 0 Å². The van der Waals surface area contributed by atoms with Gasteiger partial charge in [0.1, 0.15) is 0 Å². The number of pyridine rings is 1. The van der Waals surface area contributed by atoms with Crippen molar-refractivity contribution in [2.75, 3.05) is 0 Å². The predicted molar refractivity (Wildman–Crippen MR) is 97.7 cm³/mol. The van der Waals surface area contributed by atoms with Gasteiger partial charge in [0.25, 0.3) is 0 Å². The van der Waals surface area contributed by atoms with Gasteiger partial charge in [-0.25, -0.2) is 0 Å². The summed E-state index contributed by atoms with van der Waals surface area (Å²) in [5.41, 5.74) is 6.19. The van der Waals surface area contributed by atoms with Crippen LogP contribution in [0.3, 0.4) is 0 Å². The summed E-state index contributed by atoms with van der Waals surface area (Å²) in [5.74, 6) is 0.277. The summed E-state index contributed by atoms with van der Waals surface area (Å²) in [6.07, 6.45) is 6.34. The fraction of sp³-hybridized carbons (Fsp3) is 0.0952. The van der Waals surface area contributed by atoms with Crippen LogP contribution in [0.15, 0.2) is 78.5 Å². The molecule has 0 spiro atoms. The van der Waals surface area contributed by atoms with Gasteiger partial charge < -0.3 is 0 Å². The molecule has 1 heterocycles. The third-order valence-corrected chi connectivity index (χ3v) is 4.75. The van der Waals surface area contributed by atoms with Crippen molar-refractivity contribution < 1.29 is 0 Å². The molecule has 1 unspecified atom stereocenters. The SMILES string of the molecule is CC1=C(c2ccc(Cl)cc2)C=CC1c1cccc2cccnc12. The molecule has 2 aromatic carbocycles. The Balaban J connectivity index is 1.82. The number of fused-ring (bicyclic) bond motifs is 1. The molecule has 0 fully saturated rings. The van der Waals surface area contributed by atoms with E-state index < -0.39 is 0 Å². The zero-order valence-electron chi connectivity index (χ0n) is 12.8. The molecular weight excluding hydrogens is 302 g/mol. The summed E-state index contributed by atoms with van der Waals surface area (Å²) in [6, 6.07) is 18.5. The quantitative estimate of drug-likeness (QED) is 0.563. The lowest BCUT2D eigenvalue weighted by atomic mass is 9.90. The van der Waals surface area contributed by atoms with Crippen molar-refractivity contribution in [3.63, 3.8) is 0 Å². The number of benzene rings is 2. The summed E-state index contributed by atoms with van der Waals surface area (Å²) in [6.45, 7) is 2.20.